The predicted octanol–water partition coefficient (Wildman–Crippen LogP) is 4.70. The average Bonchev–Trinajstić information content (AvgIpc) is 3.19. The highest BCUT2D eigenvalue weighted by Crippen LogP contribution is 2.26. The molecule has 0 saturated heterocycles. The quantitative estimate of drug-likeness (QED) is 0.413. The number of amides is 1. The summed E-state index contributed by atoms with van der Waals surface area (Å²) in [7, 11) is 7.99. The number of carbonyl (C=O) groups excluding carboxylic acids is 1. The molecule has 4 rings (SSSR count). The number of benzene rings is 3. The molecular formula is C28H29N4O2+. The summed E-state index contributed by atoms with van der Waals surface area (Å²) in [5.41, 5.74) is 5.28. The van der Waals surface area contributed by atoms with E-state index in [9.17, 15) is 10.1 Å². The molecular weight excluding hydrogens is 424 g/mol. The first kappa shape index (κ1) is 23.1. The van der Waals surface area contributed by atoms with Crippen LogP contribution >= 0.6 is 0 Å². The van der Waals surface area contributed by atoms with Crippen molar-refractivity contribution >= 4 is 22.5 Å². The van der Waals surface area contributed by atoms with Crippen LogP contribution in [0.1, 0.15) is 27.2 Å². The van der Waals surface area contributed by atoms with E-state index in [1.807, 2.05) is 59.2 Å². The van der Waals surface area contributed by atoms with E-state index >= 15 is 0 Å². The first-order valence-electron chi connectivity index (χ1n) is 11.1. The molecule has 0 unspecified atom stereocenters. The molecule has 6 nitrogen and oxygen atoms in total. The number of ether oxygens (including phenoxy) is 1. The third-order valence-corrected chi connectivity index (χ3v) is 5.90. The van der Waals surface area contributed by atoms with Crippen LogP contribution < -0.4 is 14.5 Å². The molecule has 0 aliphatic rings. The van der Waals surface area contributed by atoms with Crippen LogP contribution in [0.15, 0.2) is 72.8 Å². The van der Waals surface area contributed by atoms with Gasteiger partial charge in [-0.15, -0.1) is 0 Å². The zero-order valence-corrected chi connectivity index (χ0v) is 20.0. The summed E-state index contributed by atoms with van der Waals surface area (Å²) < 4.78 is 8.10. The normalized spacial score (nSPS) is 11.3. The van der Waals surface area contributed by atoms with Gasteiger partial charge in [0.2, 0.25) is 0 Å². The molecule has 3 aromatic carbocycles. The number of nitriles is 1. The number of quaternary nitrogens is 1. The lowest BCUT2D eigenvalue weighted by Crippen LogP contribution is -2.34. The van der Waals surface area contributed by atoms with E-state index in [-0.39, 0.29) is 5.91 Å². The average molecular weight is 454 g/mol. The van der Waals surface area contributed by atoms with Gasteiger partial charge >= 0.3 is 0 Å². The highest BCUT2D eigenvalue weighted by molar-refractivity contribution is 5.99. The van der Waals surface area contributed by atoms with Gasteiger partial charge in [0, 0.05) is 24.0 Å². The zero-order chi connectivity index (χ0) is 24.3. The third kappa shape index (κ3) is 4.95. The van der Waals surface area contributed by atoms with Crippen molar-refractivity contribution in [1.29, 1.82) is 5.26 Å². The van der Waals surface area contributed by atoms with Crippen LogP contribution in [0.4, 0.5) is 5.69 Å². The van der Waals surface area contributed by atoms with Crippen molar-refractivity contribution in [3.63, 3.8) is 0 Å². The Kier molecular flexibility index (Phi) is 6.40. The number of aromatic nitrogens is 1. The molecule has 0 aliphatic heterocycles. The molecule has 4 aromatic rings. The zero-order valence-electron chi connectivity index (χ0n) is 20.0. The number of carbonyl (C=O) groups is 1. The van der Waals surface area contributed by atoms with Crippen molar-refractivity contribution in [2.75, 3.05) is 28.3 Å². The number of rotatable bonds is 7. The second-order valence-electron chi connectivity index (χ2n) is 9.21. The molecule has 0 radical (unpaired) electrons. The molecule has 0 fully saturated rings. The van der Waals surface area contributed by atoms with Gasteiger partial charge in [-0.25, -0.2) is 0 Å². The Hall–Kier alpha value is -4.08. The molecule has 0 aliphatic carbocycles. The molecule has 0 atom stereocenters. The summed E-state index contributed by atoms with van der Waals surface area (Å²) in [4.78, 5) is 13.3. The summed E-state index contributed by atoms with van der Waals surface area (Å²) in [5, 5.41) is 13.3. The fourth-order valence-corrected chi connectivity index (χ4v) is 3.99. The van der Waals surface area contributed by atoms with Crippen LogP contribution in [0, 0.1) is 11.3 Å². The Labute approximate surface area is 200 Å². The largest absolute Gasteiger partial charge is 0.497 e. The van der Waals surface area contributed by atoms with Crippen LogP contribution in [0.3, 0.4) is 0 Å². The van der Waals surface area contributed by atoms with Gasteiger partial charge in [-0.3, -0.25) is 9.28 Å². The molecule has 0 bridgehead atoms. The maximum atomic E-state index is 13.3. The van der Waals surface area contributed by atoms with E-state index in [0.29, 0.717) is 24.3 Å². The SMILES string of the molecule is COc1ccc2c(c1)cc(C(=O)NCc1ccc([N+](C)(C)C)cc1)n2Cc1cccc(C#N)c1. The third-order valence-electron chi connectivity index (χ3n) is 5.90. The van der Waals surface area contributed by atoms with E-state index in [4.69, 9.17) is 4.74 Å². The van der Waals surface area contributed by atoms with Crippen molar-refractivity contribution < 1.29 is 9.53 Å². The van der Waals surface area contributed by atoms with Gasteiger partial charge in [-0.2, -0.15) is 5.26 Å². The Morgan fingerprint density at radius 3 is 2.44 bits per heavy atom. The van der Waals surface area contributed by atoms with Gasteiger partial charge in [0.05, 0.1) is 39.9 Å². The molecule has 1 aromatic heterocycles. The molecule has 0 spiro atoms. The number of nitrogens with one attached hydrogen (secondary N) is 1. The van der Waals surface area contributed by atoms with E-state index < -0.39 is 0 Å². The molecule has 1 amide bonds. The summed E-state index contributed by atoms with van der Waals surface area (Å²) in [6.07, 6.45) is 0. The maximum absolute atomic E-state index is 13.3. The van der Waals surface area contributed by atoms with Crippen LogP contribution in [-0.4, -0.2) is 38.7 Å². The summed E-state index contributed by atoms with van der Waals surface area (Å²) >= 11 is 0. The first-order chi connectivity index (χ1) is 16.3. The Morgan fingerprint density at radius 1 is 1.00 bits per heavy atom. The van der Waals surface area contributed by atoms with Crippen molar-refractivity contribution in [3.8, 4) is 11.8 Å². The number of nitrogens with zero attached hydrogens (tertiary/aromatic N) is 3. The molecule has 1 heterocycles. The molecule has 34 heavy (non-hydrogen) atoms. The van der Waals surface area contributed by atoms with Gasteiger partial charge in [0.15, 0.2) is 0 Å². The van der Waals surface area contributed by atoms with E-state index in [2.05, 4.69) is 44.7 Å². The summed E-state index contributed by atoms with van der Waals surface area (Å²) in [5.74, 6) is 0.586. The monoisotopic (exact) mass is 453 g/mol. The van der Waals surface area contributed by atoms with Crippen LogP contribution in [0.25, 0.3) is 10.9 Å². The fraction of sp³-hybridized carbons (Fsp3) is 0.214. The van der Waals surface area contributed by atoms with Crippen LogP contribution in [-0.2, 0) is 13.1 Å². The van der Waals surface area contributed by atoms with Crippen molar-refractivity contribution in [2.45, 2.75) is 13.1 Å². The lowest BCUT2D eigenvalue weighted by Gasteiger charge is -2.23. The lowest BCUT2D eigenvalue weighted by molar-refractivity contribution is 0.0942. The highest BCUT2D eigenvalue weighted by atomic mass is 16.5. The van der Waals surface area contributed by atoms with Gasteiger partial charge < -0.3 is 14.6 Å². The minimum absolute atomic E-state index is 0.151. The molecule has 1 N–H and O–H groups in total. The second-order valence-corrected chi connectivity index (χ2v) is 9.21. The van der Waals surface area contributed by atoms with Crippen LogP contribution in [0.5, 0.6) is 5.75 Å². The minimum atomic E-state index is -0.151. The van der Waals surface area contributed by atoms with Crippen molar-refractivity contribution in [3.05, 3.63) is 95.2 Å². The van der Waals surface area contributed by atoms with E-state index in [1.54, 1.807) is 13.2 Å². The minimum Gasteiger partial charge on any atom is -0.497 e. The molecule has 172 valence electrons. The van der Waals surface area contributed by atoms with E-state index in [0.717, 1.165) is 32.3 Å². The maximum Gasteiger partial charge on any atom is 0.268 e. The van der Waals surface area contributed by atoms with Gasteiger partial charge in [0.25, 0.3) is 5.91 Å². The number of methoxy groups -OCH3 is 1. The summed E-state index contributed by atoms with van der Waals surface area (Å²) in [6, 6.07) is 25.6. The van der Waals surface area contributed by atoms with Crippen LogP contribution in [0.2, 0.25) is 0 Å². The smallest absolute Gasteiger partial charge is 0.268 e. The van der Waals surface area contributed by atoms with Gasteiger partial charge in [-0.05, 0) is 59.7 Å². The van der Waals surface area contributed by atoms with Crippen molar-refractivity contribution in [1.82, 2.24) is 14.4 Å². The molecule has 0 saturated carbocycles. The predicted molar refractivity (Wildman–Crippen MR) is 136 cm³/mol. The number of fused-ring (bicyclic) bond motifs is 1. The Bertz CT molecular complexity index is 1370. The Balaban J connectivity index is 1.63. The highest BCUT2D eigenvalue weighted by Gasteiger charge is 2.17. The van der Waals surface area contributed by atoms with Gasteiger partial charge in [-0.1, -0.05) is 24.3 Å². The number of hydrogen-bond acceptors (Lipinski definition) is 3. The van der Waals surface area contributed by atoms with Gasteiger partial charge in [0.1, 0.15) is 17.1 Å². The Morgan fingerprint density at radius 2 is 1.76 bits per heavy atom. The molecule has 6 heteroatoms. The van der Waals surface area contributed by atoms with Crippen molar-refractivity contribution in [2.24, 2.45) is 0 Å². The standard InChI is InChI=1S/C28H28N4O2/c1-32(2,3)24-10-8-20(9-11-24)18-30-28(33)27-16-23-15-25(34-4)12-13-26(23)31(27)19-22-7-5-6-21(14-22)17-29/h5-16H,18-19H2,1-4H3/p+1. The first-order valence-corrected chi connectivity index (χ1v) is 11.1. The lowest BCUT2D eigenvalue weighted by atomic mass is 10.1. The summed E-state index contributed by atoms with van der Waals surface area (Å²) in [6.45, 7) is 0.914. The number of hydrogen-bond donors (Lipinski definition) is 1. The van der Waals surface area contributed by atoms with E-state index in [1.165, 1.54) is 5.69 Å². The fourth-order valence-electron chi connectivity index (χ4n) is 3.99. The second kappa shape index (κ2) is 9.42. The topological polar surface area (TPSA) is 67.0 Å².